The van der Waals surface area contributed by atoms with E-state index in [1.54, 1.807) is 0 Å². The van der Waals surface area contributed by atoms with Crippen molar-refractivity contribution in [3.8, 4) is 0 Å². The van der Waals surface area contributed by atoms with Crippen molar-refractivity contribution in [1.82, 2.24) is 15.8 Å². The van der Waals surface area contributed by atoms with Crippen LogP contribution in [0.2, 0.25) is 0 Å². The van der Waals surface area contributed by atoms with Crippen LogP contribution in [0.4, 0.5) is 4.79 Å². The summed E-state index contributed by atoms with van der Waals surface area (Å²) in [4.78, 5) is 62.9. The third-order valence-corrected chi connectivity index (χ3v) is 5.51. The number of hydrazine groups is 1. The summed E-state index contributed by atoms with van der Waals surface area (Å²) < 4.78 is 5.29. The van der Waals surface area contributed by atoms with Gasteiger partial charge in [0, 0.05) is 25.8 Å². The van der Waals surface area contributed by atoms with Gasteiger partial charge in [-0.25, -0.2) is 9.80 Å². The number of alkyl carbamates (subject to hydrolysis) is 1. The molecule has 3 amide bonds. The van der Waals surface area contributed by atoms with Crippen LogP contribution in [0.5, 0.6) is 0 Å². The van der Waals surface area contributed by atoms with E-state index in [1.165, 1.54) is 0 Å². The maximum atomic E-state index is 13.3. The van der Waals surface area contributed by atoms with Gasteiger partial charge < -0.3 is 10.1 Å². The highest BCUT2D eigenvalue weighted by molar-refractivity contribution is 6.35. The molecular formula is C28H43N3O6. The van der Waals surface area contributed by atoms with Gasteiger partial charge in [0.25, 0.3) is 0 Å². The van der Waals surface area contributed by atoms with Gasteiger partial charge in [-0.2, -0.15) is 0 Å². The Morgan fingerprint density at radius 1 is 0.865 bits per heavy atom. The van der Waals surface area contributed by atoms with E-state index in [4.69, 9.17) is 4.74 Å². The molecular weight excluding hydrogens is 474 g/mol. The third-order valence-electron chi connectivity index (χ3n) is 5.51. The third kappa shape index (κ3) is 12.5. The molecule has 37 heavy (non-hydrogen) atoms. The maximum Gasteiger partial charge on any atom is 0.408 e. The van der Waals surface area contributed by atoms with E-state index in [-0.39, 0.29) is 43.1 Å². The number of hydrogen-bond acceptors (Lipinski definition) is 6. The van der Waals surface area contributed by atoms with Crippen LogP contribution in [-0.2, 0) is 30.5 Å². The van der Waals surface area contributed by atoms with Crippen LogP contribution < -0.4 is 10.7 Å². The molecule has 0 aromatic heterocycles. The van der Waals surface area contributed by atoms with Crippen LogP contribution in [0.15, 0.2) is 30.3 Å². The number of ether oxygens (including phenoxy) is 1. The minimum atomic E-state index is -0.823. The van der Waals surface area contributed by atoms with Gasteiger partial charge in [-0.3, -0.25) is 24.6 Å². The zero-order valence-electron chi connectivity index (χ0n) is 23.2. The largest absolute Gasteiger partial charge is 0.445 e. The second-order valence-corrected chi connectivity index (χ2v) is 10.7. The van der Waals surface area contributed by atoms with Crippen molar-refractivity contribution in [2.45, 2.75) is 80.4 Å². The van der Waals surface area contributed by atoms with E-state index in [2.05, 4.69) is 10.7 Å². The summed E-state index contributed by atoms with van der Waals surface area (Å²) in [5.74, 6) is -2.82. The van der Waals surface area contributed by atoms with Gasteiger partial charge >= 0.3 is 12.0 Å². The lowest BCUT2D eigenvalue weighted by Crippen LogP contribution is -2.52. The molecule has 0 unspecified atom stereocenters. The van der Waals surface area contributed by atoms with Crippen LogP contribution in [-0.4, -0.2) is 47.1 Å². The maximum absolute atomic E-state index is 13.3. The van der Waals surface area contributed by atoms with E-state index in [0.29, 0.717) is 12.8 Å². The first-order chi connectivity index (χ1) is 17.3. The van der Waals surface area contributed by atoms with E-state index in [1.807, 2.05) is 71.9 Å². The fourth-order valence-corrected chi connectivity index (χ4v) is 3.85. The molecule has 9 nitrogen and oxygen atoms in total. The van der Waals surface area contributed by atoms with Gasteiger partial charge in [0.15, 0.2) is 5.78 Å². The molecule has 1 aromatic rings. The average Bonchev–Trinajstić information content (AvgIpc) is 2.80. The molecule has 0 heterocycles. The number of ketones is 2. The number of nitrogens with one attached hydrogen (secondary N) is 2. The quantitative estimate of drug-likeness (QED) is 0.284. The number of carbonyl (C=O) groups excluding carboxylic acids is 5. The Balaban J connectivity index is 2.96. The SMILES string of the molecule is CC(=O)C(=O)N(CC(C)C)NC(=O)[C@@H](CC(=O)[C@H](CC(C)C)NC(=O)OCc1ccccc1)CC(C)C. The standard InChI is InChI=1S/C28H43N3O6/c1-18(2)13-23(26(34)30-31(16-20(5)6)27(35)21(7)32)15-25(33)24(14-19(3)4)29-28(36)37-17-22-11-9-8-10-12-22/h8-12,18-20,23-24H,13-17H2,1-7H3,(H,29,36)(H,30,34)/t23-,24+/m1/s1. The molecule has 1 rings (SSSR count). The second-order valence-electron chi connectivity index (χ2n) is 10.7. The Kier molecular flexibility index (Phi) is 13.6. The van der Waals surface area contributed by atoms with E-state index < -0.39 is 35.7 Å². The summed E-state index contributed by atoms with van der Waals surface area (Å²) in [6, 6.07) is 8.39. The molecule has 0 saturated carbocycles. The molecule has 0 fully saturated rings. The smallest absolute Gasteiger partial charge is 0.408 e. The first-order valence-corrected chi connectivity index (χ1v) is 12.9. The Hall–Kier alpha value is -3.23. The summed E-state index contributed by atoms with van der Waals surface area (Å²) >= 11 is 0. The lowest BCUT2D eigenvalue weighted by molar-refractivity contribution is -0.150. The Bertz CT molecular complexity index is 914. The number of Topliss-reactive ketones (excluding diaryl/α,β-unsaturated/α-hetero) is 2. The van der Waals surface area contributed by atoms with Gasteiger partial charge in [0.05, 0.1) is 6.04 Å². The minimum absolute atomic E-state index is 0.00954. The average molecular weight is 518 g/mol. The van der Waals surface area contributed by atoms with Crippen LogP contribution in [0.3, 0.4) is 0 Å². The van der Waals surface area contributed by atoms with Crippen LogP contribution >= 0.6 is 0 Å². The molecule has 0 aliphatic carbocycles. The van der Waals surface area contributed by atoms with Crippen LogP contribution in [0.25, 0.3) is 0 Å². The molecule has 9 heteroatoms. The molecule has 0 bridgehead atoms. The summed E-state index contributed by atoms with van der Waals surface area (Å²) in [7, 11) is 0. The molecule has 0 aliphatic rings. The number of hydrogen-bond donors (Lipinski definition) is 2. The molecule has 0 spiro atoms. The van der Waals surface area contributed by atoms with Crippen molar-refractivity contribution in [3.63, 3.8) is 0 Å². The van der Waals surface area contributed by atoms with Crippen molar-refractivity contribution in [3.05, 3.63) is 35.9 Å². The molecule has 0 radical (unpaired) electrons. The van der Waals surface area contributed by atoms with Crippen LogP contribution in [0, 0.1) is 23.7 Å². The van der Waals surface area contributed by atoms with Gasteiger partial charge in [0.2, 0.25) is 11.7 Å². The second kappa shape index (κ2) is 15.8. The number of rotatable bonds is 14. The lowest BCUT2D eigenvalue weighted by atomic mass is 9.88. The summed E-state index contributed by atoms with van der Waals surface area (Å²) in [6.07, 6.45) is -0.0430. The highest BCUT2D eigenvalue weighted by Gasteiger charge is 2.31. The van der Waals surface area contributed by atoms with Gasteiger partial charge in [0.1, 0.15) is 6.61 Å². The Labute approximate surface area is 220 Å². The summed E-state index contributed by atoms with van der Waals surface area (Å²) in [5, 5.41) is 3.69. The fourth-order valence-electron chi connectivity index (χ4n) is 3.85. The Morgan fingerprint density at radius 3 is 1.97 bits per heavy atom. The first kappa shape index (κ1) is 31.8. The minimum Gasteiger partial charge on any atom is -0.445 e. The molecule has 206 valence electrons. The fraction of sp³-hybridized carbons (Fsp3) is 0.607. The van der Waals surface area contributed by atoms with Crippen molar-refractivity contribution >= 4 is 29.5 Å². The molecule has 1 aromatic carbocycles. The van der Waals surface area contributed by atoms with Crippen molar-refractivity contribution in [1.29, 1.82) is 0 Å². The van der Waals surface area contributed by atoms with Crippen molar-refractivity contribution in [2.24, 2.45) is 23.7 Å². The summed E-state index contributed by atoms with van der Waals surface area (Å²) in [5.41, 5.74) is 3.38. The molecule has 0 aliphatic heterocycles. The number of nitrogens with zero attached hydrogens (tertiary/aromatic N) is 1. The zero-order chi connectivity index (χ0) is 28.1. The highest BCUT2D eigenvalue weighted by atomic mass is 16.5. The predicted octanol–water partition coefficient (Wildman–Crippen LogP) is 4.05. The van der Waals surface area contributed by atoms with Crippen LogP contribution in [0.1, 0.15) is 73.3 Å². The molecule has 2 N–H and O–H groups in total. The van der Waals surface area contributed by atoms with Gasteiger partial charge in [-0.1, -0.05) is 71.9 Å². The molecule has 2 atom stereocenters. The number of benzene rings is 1. The van der Waals surface area contributed by atoms with E-state index in [0.717, 1.165) is 17.5 Å². The van der Waals surface area contributed by atoms with E-state index >= 15 is 0 Å². The van der Waals surface area contributed by atoms with Crippen molar-refractivity contribution in [2.75, 3.05) is 6.54 Å². The number of carbonyl (C=O) groups is 5. The highest BCUT2D eigenvalue weighted by Crippen LogP contribution is 2.19. The molecule has 0 saturated heterocycles. The Morgan fingerprint density at radius 2 is 1.46 bits per heavy atom. The summed E-state index contributed by atoms with van der Waals surface area (Å²) in [6.45, 7) is 12.8. The normalized spacial score (nSPS) is 12.7. The zero-order valence-corrected chi connectivity index (χ0v) is 23.2. The lowest BCUT2D eigenvalue weighted by Gasteiger charge is -2.28. The van der Waals surface area contributed by atoms with Crippen molar-refractivity contribution < 1.29 is 28.7 Å². The first-order valence-electron chi connectivity index (χ1n) is 12.9. The van der Waals surface area contributed by atoms with E-state index in [9.17, 15) is 24.0 Å². The monoisotopic (exact) mass is 517 g/mol. The number of amides is 3. The van der Waals surface area contributed by atoms with Gasteiger partial charge in [-0.15, -0.1) is 0 Å². The predicted molar refractivity (Wildman–Crippen MR) is 141 cm³/mol. The van der Waals surface area contributed by atoms with Gasteiger partial charge in [-0.05, 0) is 36.2 Å². The topological polar surface area (TPSA) is 122 Å².